The van der Waals surface area contributed by atoms with Crippen molar-refractivity contribution >= 4 is 21.6 Å². The highest BCUT2D eigenvalue weighted by Gasteiger charge is 2.40. The van der Waals surface area contributed by atoms with Gasteiger partial charge in [0.2, 0.25) is 6.23 Å². The third kappa shape index (κ3) is 2.84. The van der Waals surface area contributed by atoms with E-state index in [2.05, 4.69) is 77.3 Å². The van der Waals surface area contributed by atoms with Gasteiger partial charge in [-0.1, -0.05) is 60.1 Å². The molecule has 2 atom stereocenters. The zero-order valence-corrected chi connectivity index (χ0v) is 15.5. The molecule has 2 heterocycles. The molecule has 0 aliphatic carbocycles. The number of fused-ring (bicyclic) bond motifs is 3. The van der Waals surface area contributed by atoms with Crippen molar-refractivity contribution in [3.63, 3.8) is 0 Å². The SMILES string of the molecule is CC(C)CC1=NN2[C@H](C1)c1ccccc1O[C@@H]2c1ccc(Br)cc1. The highest BCUT2D eigenvalue weighted by molar-refractivity contribution is 9.10. The first kappa shape index (κ1) is 15.7. The van der Waals surface area contributed by atoms with E-state index in [9.17, 15) is 0 Å². The summed E-state index contributed by atoms with van der Waals surface area (Å²) in [4.78, 5) is 0. The van der Waals surface area contributed by atoms with Crippen LogP contribution in [0.4, 0.5) is 0 Å². The van der Waals surface area contributed by atoms with Crippen molar-refractivity contribution in [3.05, 3.63) is 64.1 Å². The molecule has 4 heteroatoms. The van der Waals surface area contributed by atoms with E-state index in [1.54, 1.807) is 0 Å². The second kappa shape index (κ2) is 6.25. The molecule has 0 saturated carbocycles. The molecular formula is C20H21BrN2O. The number of nitrogens with zero attached hydrogens (tertiary/aromatic N) is 2. The fourth-order valence-electron chi connectivity index (χ4n) is 3.54. The van der Waals surface area contributed by atoms with E-state index in [1.165, 1.54) is 11.3 Å². The van der Waals surface area contributed by atoms with Gasteiger partial charge in [0.1, 0.15) is 5.75 Å². The zero-order valence-electron chi connectivity index (χ0n) is 13.9. The summed E-state index contributed by atoms with van der Waals surface area (Å²) in [5, 5.41) is 7.10. The minimum absolute atomic E-state index is 0.164. The third-order valence-electron chi connectivity index (χ3n) is 4.56. The Morgan fingerprint density at radius 1 is 1.17 bits per heavy atom. The Hall–Kier alpha value is -1.81. The van der Waals surface area contributed by atoms with Gasteiger partial charge in [0.25, 0.3) is 0 Å². The molecule has 0 N–H and O–H groups in total. The van der Waals surface area contributed by atoms with Crippen LogP contribution < -0.4 is 4.74 Å². The molecule has 0 saturated heterocycles. The fraction of sp³-hybridized carbons (Fsp3) is 0.350. The van der Waals surface area contributed by atoms with E-state index in [0.717, 1.165) is 28.6 Å². The van der Waals surface area contributed by atoms with Gasteiger partial charge >= 0.3 is 0 Å². The Labute approximate surface area is 151 Å². The molecule has 0 unspecified atom stereocenters. The summed E-state index contributed by atoms with van der Waals surface area (Å²) in [6.45, 7) is 4.49. The van der Waals surface area contributed by atoms with Gasteiger partial charge in [-0.05, 0) is 30.5 Å². The Kier molecular flexibility index (Phi) is 4.09. The maximum absolute atomic E-state index is 6.33. The Balaban J connectivity index is 1.74. The smallest absolute Gasteiger partial charge is 0.213 e. The summed E-state index contributed by atoms with van der Waals surface area (Å²) < 4.78 is 7.40. The van der Waals surface area contributed by atoms with E-state index in [-0.39, 0.29) is 12.3 Å². The number of hydrogen-bond donors (Lipinski definition) is 0. The van der Waals surface area contributed by atoms with Crippen LogP contribution in [0, 0.1) is 5.92 Å². The molecule has 2 aliphatic rings. The van der Waals surface area contributed by atoms with Crippen molar-refractivity contribution in [1.29, 1.82) is 0 Å². The van der Waals surface area contributed by atoms with Crippen molar-refractivity contribution in [2.24, 2.45) is 11.0 Å². The van der Waals surface area contributed by atoms with Gasteiger partial charge in [-0.15, -0.1) is 0 Å². The molecule has 0 aromatic heterocycles. The average molecular weight is 385 g/mol. The van der Waals surface area contributed by atoms with Crippen LogP contribution in [-0.2, 0) is 0 Å². The van der Waals surface area contributed by atoms with Crippen LogP contribution in [-0.4, -0.2) is 10.7 Å². The molecule has 2 aromatic carbocycles. The van der Waals surface area contributed by atoms with E-state index in [0.29, 0.717) is 5.92 Å². The van der Waals surface area contributed by atoms with Crippen LogP contribution in [0.25, 0.3) is 0 Å². The van der Waals surface area contributed by atoms with Gasteiger partial charge < -0.3 is 4.74 Å². The number of para-hydroxylation sites is 1. The lowest BCUT2D eigenvalue weighted by Crippen LogP contribution is -2.33. The summed E-state index contributed by atoms with van der Waals surface area (Å²) in [6.07, 6.45) is 1.87. The standard InChI is InChI=1S/C20H21BrN2O/c1-13(2)11-16-12-18-17-5-3-4-6-19(17)24-20(23(18)22-16)14-7-9-15(21)10-8-14/h3-10,13,18,20H,11-12H2,1-2H3/t18-,20-/m1/s1. The number of hydrogen-bond acceptors (Lipinski definition) is 3. The van der Waals surface area contributed by atoms with Crippen LogP contribution in [0.15, 0.2) is 58.1 Å². The van der Waals surface area contributed by atoms with Crippen LogP contribution in [0.1, 0.15) is 50.1 Å². The number of rotatable bonds is 3. The second-order valence-electron chi connectivity index (χ2n) is 6.92. The van der Waals surface area contributed by atoms with Crippen molar-refractivity contribution < 1.29 is 4.74 Å². The lowest BCUT2D eigenvalue weighted by Gasteiger charge is -2.38. The fourth-order valence-corrected chi connectivity index (χ4v) is 3.80. The summed E-state index contributed by atoms with van der Waals surface area (Å²) in [5.74, 6) is 1.60. The van der Waals surface area contributed by atoms with Gasteiger partial charge in [0.15, 0.2) is 0 Å². The Bertz CT molecular complexity index is 769. The maximum Gasteiger partial charge on any atom is 0.213 e. The zero-order chi connectivity index (χ0) is 16.7. The molecule has 2 aromatic rings. The molecule has 0 amide bonds. The van der Waals surface area contributed by atoms with Crippen LogP contribution >= 0.6 is 15.9 Å². The molecule has 124 valence electrons. The van der Waals surface area contributed by atoms with Crippen LogP contribution in [0.2, 0.25) is 0 Å². The average Bonchev–Trinajstić information content (AvgIpc) is 2.98. The monoisotopic (exact) mass is 384 g/mol. The lowest BCUT2D eigenvalue weighted by atomic mass is 9.95. The highest BCUT2D eigenvalue weighted by Crippen LogP contribution is 2.47. The summed E-state index contributed by atoms with van der Waals surface area (Å²) in [5.41, 5.74) is 3.65. The third-order valence-corrected chi connectivity index (χ3v) is 5.09. The minimum atomic E-state index is -0.164. The number of ether oxygens (including phenoxy) is 1. The van der Waals surface area contributed by atoms with Crippen LogP contribution in [0.5, 0.6) is 5.75 Å². The normalized spacial score (nSPS) is 22.0. The molecule has 2 aliphatic heterocycles. The largest absolute Gasteiger partial charge is 0.464 e. The predicted octanol–water partition coefficient (Wildman–Crippen LogP) is 5.69. The minimum Gasteiger partial charge on any atom is -0.464 e. The first-order valence-electron chi connectivity index (χ1n) is 8.47. The van der Waals surface area contributed by atoms with E-state index >= 15 is 0 Å². The second-order valence-corrected chi connectivity index (χ2v) is 7.84. The molecule has 0 spiro atoms. The molecule has 0 fully saturated rings. The molecular weight excluding hydrogens is 364 g/mol. The first-order valence-corrected chi connectivity index (χ1v) is 9.27. The predicted molar refractivity (Wildman–Crippen MR) is 100 cm³/mol. The number of hydrazone groups is 1. The Morgan fingerprint density at radius 3 is 2.67 bits per heavy atom. The number of benzene rings is 2. The topological polar surface area (TPSA) is 24.8 Å². The van der Waals surface area contributed by atoms with Gasteiger partial charge in [0, 0.05) is 27.7 Å². The van der Waals surface area contributed by atoms with Crippen molar-refractivity contribution in [2.75, 3.05) is 0 Å². The van der Waals surface area contributed by atoms with Gasteiger partial charge in [-0.2, -0.15) is 5.10 Å². The molecule has 24 heavy (non-hydrogen) atoms. The molecule has 0 radical (unpaired) electrons. The lowest BCUT2D eigenvalue weighted by molar-refractivity contribution is -0.0190. The summed E-state index contributed by atoms with van der Waals surface area (Å²) in [7, 11) is 0. The van der Waals surface area contributed by atoms with Crippen molar-refractivity contribution in [1.82, 2.24) is 5.01 Å². The van der Waals surface area contributed by atoms with Gasteiger partial charge in [-0.25, -0.2) is 5.01 Å². The van der Waals surface area contributed by atoms with Gasteiger partial charge in [-0.3, -0.25) is 0 Å². The summed E-state index contributed by atoms with van der Waals surface area (Å²) >= 11 is 3.51. The summed E-state index contributed by atoms with van der Waals surface area (Å²) in [6, 6.07) is 17.0. The van der Waals surface area contributed by atoms with E-state index in [4.69, 9.17) is 9.84 Å². The molecule has 0 bridgehead atoms. The van der Waals surface area contributed by atoms with E-state index < -0.39 is 0 Å². The highest BCUT2D eigenvalue weighted by atomic mass is 79.9. The quantitative estimate of drug-likeness (QED) is 0.678. The van der Waals surface area contributed by atoms with E-state index in [1.807, 2.05) is 6.07 Å². The Morgan fingerprint density at radius 2 is 1.92 bits per heavy atom. The van der Waals surface area contributed by atoms with Crippen molar-refractivity contribution in [2.45, 2.75) is 39.0 Å². The van der Waals surface area contributed by atoms with Crippen LogP contribution in [0.3, 0.4) is 0 Å². The maximum atomic E-state index is 6.33. The molecule has 3 nitrogen and oxygen atoms in total. The molecule has 4 rings (SSSR count). The van der Waals surface area contributed by atoms with Crippen molar-refractivity contribution in [3.8, 4) is 5.75 Å². The number of halogens is 1. The first-order chi connectivity index (χ1) is 11.6. The van der Waals surface area contributed by atoms with Gasteiger partial charge in [0.05, 0.1) is 6.04 Å².